The first-order chi connectivity index (χ1) is 11.1. The Labute approximate surface area is 130 Å². The van der Waals surface area contributed by atoms with Crippen LogP contribution in [0.15, 0.2) is 54.7 Å². The Morgan fingerprint density at radius 1 is 1.04 bits per heavy atom. The molecule has 0 atom stereocenters. The molecule has 4 nitrogen and oxygen atoms in total. The summed E-state index contributed by atoms with van der Waals surface area (Å²) in [6.07, 6.45) is 1.62. The van der Waals surface area contributed by atoms with Crippen LogP contribution in [0, 0.1) is 11.6 Å². The fourth-order valence-corrected chi connectivity index (χ4v) is 2.13. The minimum atomic E-state index is -0.842. The van der Waals surface area contributed by atoms with Crippen LogP contribution in [0.5, 0.6) is 5.75 Å². The van der Waals surface area contributed by atoms with Gasteiger partial charge in [0.25, 0.3) is 5.91 Å². The van der Waals surface area contributed by atoms with Crippen molar-refractivity contribution in [2.75, 3.05) is 11.9 Å². The Morgan fingerprint density at radius 3 is 2.52 bits per heavy atom. The molecule has 0 saturated carbocycles. The van der Waals surface area contributed by atoms with Crippen molar-refractivity contribution in [3.63, 3.8) is 0 Å². The quantitative estimate of drug-likeness (QED) is 0.801. The number of nitrogens with one attached hydrogen (secondary N) is 1. The molecule has 2 aromatic carbocycles. The van der Waals surface area contributed by atoms with Crippen LogP contribution in [0.25, 0.3) is 10.9 Å². The van der Waals surface area contributed by atoms with Crippen molar-refractivity contribution < 1.29 is 18.3 Å². The molecule has 1 N–H and O–H groups in total. The first kappa shape index (κ1) is 14.9. The third kappa shape index (κ3) is 3.26. The van der Waals surface area contributed by atoms with E-state index < -0.39 is 23.2 Å². The number of fused-ring (bicyclic) bond motifs is 1. The molecule has 23 heavy (non-hydrogen) atoms. The van der Waals surface area contributed by atoms with E-state index >= 15 is 0 Å². The smallest absolute Gasteiger partial charge is 0.262 e. The van der Waals surface area contributed by atoms with E-state index in [1.807, 2.05) is 12.1 Å². The zero-order chi connectivity index (χ0) is 16.2. The molecule has 0 spiro atoms. The van der Waals surface area contributed by atoms with Gasteiger partial charge in [-0.1, -0.05) is 24.3 Å². The lowest BCUT2D eigenvalue weighted by Crippen LogP contribution is -2.21. The van der Waals surface area contributed by atoms with Gasteiger partial charge in [-0.2, -0.15) is 0 Å². The maximum atomic E-state index is 13.5. The molecule has 0 aliphatic carbocycles. The zero-order valence-corrected chi connectivity index (χ0v) is 11.9. The van der Waals surface area contributed by atoms with Crippen molar-refractivity contribution >= 4 is 22.5 Å². The predicted octanol–water partition coefficient (Wildman–Crippen LogP) is 3.53. The number of para-hydroxylation sites is 2. The van der Waals surface area contributed by atoms with Crippen LogP contribution in [0.3, 0.4) is 0 Å². The Bertz CT molecular complexity index is 843. The molecular formula is C17H12F2N2O2. The van der Waals surface area contributed by atoms with Crippen molar-refractivity contribution in [2.45, 2.75) is 0 Å². The molecule has 0 saturated heterocycles. The van der Waals surface area contributed by atoms with E-state index in [1.54, 1.807) is 24.4 Å². The maximum absolute atomic E-state index is 13.5. The Hall–Kier alpha value is -3.02. The molecule has 1 heterocycles. The number of halogens is 2. The summed E-state index contributed by atoms with van der Waals surface area (Å²) in [5, 5.41) is 3.03. The number of ether oxygens (including phenoxy) is 1. The molecule has 0 radical (unpaired) electrons. The second kappa shape index (κ2) is 6.39. The lowest BCUT2D eigenvalue weighted by atomic mass is 10.2. The molecule has 0 bridgehead atoms. The highest BCUT2D eigenvalue weighted by Crippen LogP contribution is 2.23. The van der Waals surface area contributed by atoms with E-state index in [1.165, 1.54) is 6.07 Å². The second-order valence-corrected chi connectivity index (χ2v) is 4.76. The summed E-state index contributed by atoms with van der Waals surface area (Å²) in [5.41, 5.74) is 0.122. The number of nitrogens with zero attached hydrogens (tertiary/aromatic N) is 1. The van der Waals surface area contributed by atoms with Crippen LogP contribution in [0.2, 0.25) is 0 Å². The van der Waals surface area contributed by atoms with Gasteiger partial charge in [-0.25, -0.2) is 8.78 Å². The first-order valence-electron chi connectivity index (χ1n) is 6.85. The summed E-state index contributed by atoms with van der Waals surface area (Å²) in [7, 11) is 0. The average Bonchev–Trinajstić information content (AvgIpc) is 2.56. The van der Waals surface area contributed by atoms with Gasteiger partial charge in [-0.3, -0.25) is 9.78 Å². The Morgan fingerprint density at radius 2 is 1.74 bits per heavy atom. The standard InChI is InChI=1S/C17H12F2N2O2/c18-12-6-2-7-13(19)17(12)21-15(22)10-23-14-8-1-4-11-5-3-9-20-16(11)14/h1-9H,10H2,(H,21,22). The fourth-order valence-electron chi connectivity index (χ4n) is 2.13. The molecule has 0 aliphatic rings. The average molecular weight is 314 g/mol. The number of hydrogen-bond donors (Lipinski definition) is 1. The van der Waals surface area contributed by atoms with Gasteiger partial charge in [0.05, 0.1) is 0 Å². The molecule has 6 heteroatoms. The number of hydrogen-bond acceptors (Lipinski definition) is 3. The lowest BCUT2D eigenvalue weighted by Gasteiger charge is -2.10. The van der Waals surface area contributed by atoms with Crippen LogP contribution in [-0.4, -0.2) is 17.5 Å². The van der Waals surface area contributed by atoms with E-state index in [4.69, 9.17) is 4.74 Å². The van der Waals surface area contributed by atoms with Gasteiger partial charge < -0.3 is 10.1 Å². The van der Waals surface area contributed by atoms with Gasteiger partial charge in [0, 0.05) is 11.6 Å². The largest absolute Gasteiger partial charge is 0.481 e. The van der Waals surface area contributed by atoms with Gasteiger partial charge in [-0.05, 0) is 24.3 Å². The number of carbonyl (C=O) groups excluding carboxylic acids is 1. The van der Waals surface area contributed by atoms with Crippen molar-refractivity contribution in [3.8, 4) is 5.75 Å². The van der Waals surface area contributed by atoms with Gasteiger partial charge in [0.2, 0.25) is 0 Å². The molecule has 1 amide bonds. The topological polar surface area (TPSA) is 51.2 Å². The van der Waals surface area contributed by atoms with Gasteiger partial charge in [0.15, 0.2) is 6.61 Å². The normalized spacial score (nSPS) is 10.5. The lowest BCUT2D eigenvalue weighted by molar-refractivity contribution is -0.118. The molecule has 0 aliphatic heterocycles. The van der Waals surface area contributed by atoms with Crippen LogP contribution in [0.4, 0.5) is 14.5 Å². The highest BCUT2D eigenvalue weighted by atomic mass is 19.1. The van der Waals surface area contributed by atoms with E-state index in [2.05, 4.69) is 10.3 Å². The monoisotopic (exact) mass is 314 g/mol. The summed E-state index contributed by atoms with van der Waals surface area (Å²) in [4.78, 5) is 16.0. The van der Waals surface area contributed by atoms with Crippen molar-refractivity contribution in [3.05, 3.63) is 66.4 Å². The van der Waals surface area contributed by atoms with Crippen LogP contribution < -0.4 is 10.1 Å². The van der Waals surface area contributed by atoms with Gasteiger partial charge in [0.1, 0.15) is 28.6 Å². The number of pyridine rings is 1. The van der Waals surface area contributed by atoms with Crippen molar-refractivity contribution in [1.82, 2.24) is 4.98 Å². The van der Waals surface area contributed by atoms with Crippen molar-refractivity contribution in [1.29, 1.82) is 0 Å². The predicted molar refractivity (Wildman–Crippen MR) is 82.2 cm³/mol. The molecular weight excluding hydrogens is 302 g/mol. The number of benzene rings is 2. The summed E-state index contributed by atoms with van der Waals surface area (Å²) in [6, 6.07) is 12.3. The Kier molecular flexibility index (Phi) is 4.14. The SMILES string of the molecule is O=C(COc1cccc2cccnc12)Nc1c(F)cccc1F. The number of aromatic nitrogens is 1. The van der Waals surface area contributed by atoms with Gasteiger partial charge >= 0.3 is 0 Å². The van der Waals surface area contributed by atoms with Crippen LogP contribution in [0.1, 0.15) is 0 Å². The maximum Gasteiger partial charge on any atom is 0.262 e. The second-order valence-electron chi connectivity index (χ2n) is 4.76. The number of carbonyl (C=O) groups is 1. The van der Waals surface area contributed by atoms with E-state index in [0.29, 0.717) is 11.3 Å². The summed E-state index contributed by atoms with van der Waals surface area (Å²) in [6.45, 7) is -0.385. The minimum absolute atomic E-state index is 0.385. The fraction of sp³-hybridized carbons (Fsp3) is 0.0588. The molecule has 0 fully saturated rings. The molecule has 3 aromatic rings. The number of rotatable bonds is 4. The van der Waals surface area contributed by atoms with Crippen LogP contribution in [-0.2, 0) is 4.79 Å². The summed E-state index contributed by atoms with van der Waals surface area (Å²) in [5.74, 6) is -1.93. The Balaban J connectivity index is 1.71. The van der Waals surface area contributed by atoms with Crippen LogP contribution >= 0.6 is 0 Å². The molecule has 116 valence electrons. The summed E-state index contributed by atoms with van der Waals surface area (Å²) >= 11 is 0. The van der Waals surface area contributed by atoms with Gasteiger partial charge in [-0.15, -0.1) is 0 Å². The third-order valence-electron chi connectivity index (χ3n) is 3.18. The van der Waals surface area contributed by atoms with E-state index in [9.17, 15) is 13.6 Å². The highest BCUT2D eigenvalue weighted by Gasteiger charge is 2.13. The third-order valence-corrected chi connectivity index (χ3v) is 3.18. The first-order valence-corrected chi connectivity index (χ1v) is 6.85. The minimum Gasteiger partial charge on any atom is -0.481 e. The number of amides is 1. The molecule has 1 aromatic heterocycles. The van der Waals surface area contributed by atoms with E-state index in [0.717, 1.165) is 17.5 Å². The molecule has 0 unspecified atom stereocenters. The summed E-state index contributed by atoms with van der Waals surface area (Å²) < 4.78 is 32.4. The van der Waals surface area contributed by atoms with Crippen molar-refractivity contribution in [2.24, 2.45) is 0 Å². The molecule has 3 rings (SSSR count). The highest BCUT2D eigenvalue weighted by molar-refractivity contribution is 5.92. The zero-order valence-electron chi connectivity index (χ0n) is 11.9. The number of anilines is 1. The van der Waals surface area contributed by atoms with E-state index in [-0.39, 0.29) is 6.61 Å².